The molecule has 0 bridgehead atoms. The molecular formula is C24H29F3O. The fourth-order valence-corrected chi connectivity index (χ4v) is 4.14. The zero-order chi connectivity index (χ0) is 19.9. The van der Waals surface area contributed by atoms with Crippen LogP contribution in [0, 0.1) is 23.4 Å². The predicted molar refractivity (Wildman–Crippen MR) is 106 cm³/mol. The molecule has 0 aromatic heterocycles. The molecule has 0 saturated heterocycles. The molecule has 0 heterocycles. The van der Waals surface area contributed by atoms with Gasteiger partial charge >= 0.3 is 0 Å². The maximum absolute atomic E-state index is 13.7. The molecule has 0 unspecified atom stereocenters. The minimum absolute atomic E-state index is 0.00405. The van der Waals surface area contributed by atoms with Gasteiger partial charge < -0.3 is 4.74 Å². The van der Waals surface area contributed by atoms with E-state index in [1.54, 1.807) is 0 Å². The van der Waals surface area contributed by atoms with Gasteiger partial charge in [-0.3, -0.25) is 0 Å². The number of rotatable bonds is 8. The Morgan fingerprint density at radius 2 is 1.54 bits per heavy atom. The van der Waals surface area contributed by atoms with Gasteiger partial charge in [0.15, 0.2) is 11.6 Å². The third-order valence-electron chi connectivity index (χ3n) is 5.90. The van der Waals surface area contributed by atoms with Crippen molar-refractivity contribution < 1.29 is 17.9 Å². The van der Waals surface area contributed by atoms with E-state index in [9.17, 15) is 13.2 Å². The summed E-state index contributed by atoms with van der Waals surface area (Å²) in [5, 5.41) is 0. The van der Waals surface area contributed by atoms with Gasteiger partial charge in [0.1, 0.15) is 18.2 Å². The van der Waals surface area contributed by atoms with Gasteiger partial charge in [-0.05, 0) is 61.3 Å². The van der Waals surface area contributed by atoms with E-state index in [1.165, 1.54) is 56.9 Å². The molecule has 4 heteroatoms. The third kappa shape index (κ3) is 5.52. The molecule has 152 valence electrons. The summed E-state index contributed by atoms with van der Waals surface area (Å²) in [6.07, 6.45) is 10.4. The number of benzene rings is 2. The first-order chi connectivity index (χ1) is 13.6. The lowest BCUT2D eigenvalue weighted by Gasteiger charge is -2.29. The molecule has 1 saturated carbocycles. The zero-order valence-corrected chi connectivity index (χ0v) is 16.5. The van der Waals surface area contributed by atoms with Crippen LogP contribution in [0.4, 0.5) is 13.2 Å². The first-order valence-electron chi connectivity index (χ1n) is 10.4. The lowest BCUT2D eigenvalue weighted by Crippen LogP contribution is -2.13. The normalized spacial score (nSPS) is 19.6. The number of hydrogen-bond acceptors (Lipinski definition) is 1. The Morgan fingerprint density at radius 1 is 0.857 bits per heavy atom. The van der Waals surface area contributed by atoms with Crippen molar-refractivity contribution in [3.63, 3.8) is 0 Å². The maximum atomic E-state index is 13.7. The standard InChI is InChI=1S/C24H29F3O/c1-2-3-4-5-17-6-8-18(9-7-17)19-10-12-21(13-11-19)28-16-20-14-23(26)24(27)15-22(20)25/h10-15,17-18H,2-9,16H2,1H3. The van der Waals surface area contributed by atoms with Gasteiger partial charge in [-0.2, -0.15) is 0 Å². The minimum Gasteiger partial charge on any atom is -0.489 e. The van der Waals surface area contributed by atoms with Gasteiger partial charge in [0.2, 0.25) is 0 Å². The average Bonchev–Trinajstić information content (AvgIpc) is 2.71. The first-order valence-corrected chi connectivity index (χ1v) is 10.4. The Morgan fingerprint density at radius 3 is 2.21 bits per heavy atom. The Labute approximate surface area is 165 Å². The summed E-state index contributed by atoms with van der Waals surface area (Å²) in [6.45, 7) is 2.12. The Hall–Kier alpha value is -1.97. The largest absolute Gasteiger partial charge is 0.489 e. The smallest absolute Gasteiger partial charge is 0.161 e. The highest BCUT2D eigenvalue weighted by atomic mass is 19.2. The lowest BCUT2D eigenvalue weighted by molar-refractivity contribution is 0.295. The minimum atomic E-state index is -1.19. The lowest BCUT2D eigenvalue weighted by atomic mass is 9.77. The van der Waals surface area contributed by atoms with Crippen LogP contribution in [-0.4, -0.2) is 0 Å². The molecule has 0 amide bonds. The van der Waals surface area contributed by atoms with Crippen molar-refractivity contribution in [2.75, 3.05) is 0 Å². The molecule has 2 aromatic carbocycles. The molecule has 0 N–H and O–H groups in total. The van der Waals surface area contributed by atoms with Crippen LogP contribution in [0.25, 0.3) is 0 Å². The van der Waals surface area contributed by atoms with Gasteiger partial charge in [0, 0.05) is 11.6 Å². The molecule has 0 atom stereocenters. The molecule has 0 radical (unpaired) electrons. The molecule has 2 aromatic rings. The molecular weight excluding hydrogens is 361 g/mol. The monoisotopic (exact) mass is 390 g/mol. The summed E-state index contributed by atoms with van der Waals surface area (Å²) in [5.41, 5.74) is 1.32. The first kappa shape index (κ1) is 20.8. The second kappa shape index (κ2) is 9.99. The fraction of sp³-hybridized carbons (Fsp3) is 0.500. The van der Waals surface area contributed by atoms with Gasteiger partial charge in [-0.25, -0.2) is 13.2 Å². The van der Waals surface area contributed by atoms with Crippen LogP contribution in [-0.2, 0) is 6.61 Å². The second-order valence-corrected chi connectivity index (χ2v) is 7.93. The van der Waals surface area contributed by atoms with E-state index in [-0.39, 0.29) is 12.2 Å². The molecule has 1 nitrogen and oxygen atoms in total. The molecule has 1 fully saturated rings. The van der Waals surface area contributed by atoms with E-state index in [0.717, 1.165) is 12.0 Å². The molecule has 1 aliphatic rings. The summed E-state index contributed by atoms with van der Waals surface area (Å²) in [5.74, 6) is -0.977. The Kier molecular flexibility index (Phi) is 7.41. The molecule has 1 aliphatic carbocycles. The van der Waals surface area contributed by atoms with Crippen molar-refractivity contribution in [2.45, 2.75) is 70.8 Å². The van der Waals surface area contributed by atoms with Crippen LogP contribution in [0.5, 0.6) is 5.75 Å². The number of halogens is 3. The quantitative estimate of drug-likeness (QED) is 0.334. The van der Waals surface area contributed by atoms with Gasteiger partial charge in [0.25, 0.3) is 0 Å². The Bertz CT molecular complexity index is 749. The number of hydrogen-bond donors (Lipinski definition) is 0. The predicted octanol–water partition coefficient (Wildman–Crippen LogP) is 7.54. The highest BCUT2D eigenvalue weighted by Gasteiger charge is 2.22. The van der Waals surface area contributed by atoms with E-state index >= 15 is 0 Å². The number of ether oxygens (including phenoxy) is 1. The van der Waals surface area contributed by atoms with Crippen molar-refractivity contribution in [2.24, 2.45) is 5.92 Å². The highest BCUT2D eigenvalue weighted by molar-refractivity contribution is 5.30. The van der Waals surface area contributed by atoms with Crippen LogP contribution in [0.2, 0.25) is 0 Å². The van der Waals surface area contributed by atoms with Crippen molar-refractivity contribution in [1.29, 1.82) is 0 Å². The maximum Gasteiger partial charge on any atom is 0.161 e. The third-order valence-corrected chi connectivity index (χ3v) is 5.90. The summed E-state index contributed by atoms with van der Waals surface area (Å²) in [7, 11) is 0. The molecule has 0 spiro atoms. The van der Waals surface area contributed by atoms with Gasteiger partial charge in [-0.1, -0.05) is 44.7 Å². The van der Waals surface area contributed by atoms with Crippen molar-refractivity contribution in [3.05, 3.63) is 65.0 Å². The van der Waals surface area contributed by atoms with Gasteiger partial charge in [0.05, 0.1) is 0 Å². The zero-order valence-electron chi connectivity index (χ0n) is 16.5. The second-order valence-electron chi connectivity index (χ2n) is 7.93. The SMILES string of the molecule is CCCCCC1CCC(c2ccc(OCc3cc(F)c(F)cc3F)cc2)CC1. The van der Waals surface area contributed by atoms with E-state index in [1.807, 2.05) is 12.1 Å². The van der Waals surface area contributed by atoms with Crippen LogP contribution in [0.1, 0.15) is 75.3 Å². The number of unbranched alkanes of at least 4 members (excludes halogenated alkanes) is 2. The summed E-state index contributed by atoms with van der Waals surface area (Å²) < 4.78 is 45.5. The fourth-order valence-electron chi connectivity index (χ4n) is 4.14. The highest BCUT2D eigenvalue weighted by Crippen LogP contribution is 2.38. The van der Waals surface area contributed by atoms with E-state index < -0.39 is 17.5 Å². The van der Waals surface area contributed by atoms with Gasteiger partial charge in [-0.15, -0.1) is 0 Å². The molecule has 28 heavy (non-hydrogen) atoms. The Balaban J connectivity index is 1.50. The molecule has 0 aliphatic heterocycles. The van der Waals surface area contributed by atoms with Crippen LogP contribution >= 0.6 is 0 Å². The van der Waals surface area contributed by atoms with E-state index in [2.05, 4.69) is 19.1 Å². The van der Waals surface area contributed by atoms with Crippen LogP contribution in [0.15, 0.2) is 36.4 Å². The summed E-state index contributed by atoms with van der Waals surface area (Å²) >= 11 is 0. The van der Waals surface area contributed by atoms with E-state index in [0.29, 0.717) is 17.7 Å². The summed E-state index contributed by atoms with van der Waals surface area (Å²) in [4.78, 5) is 0. The van der Waals surface area contributed by atoms with Crippen LogP contribution in [0.3, 0.4) is 0 Å². The topological polar surface area (TPSA) is 9.23 Å². The van der Waals surface area contributed by atoms with Crippen molar-refractivity contribution >= 4 is 0 Å². The van der Waals surface area contributed by atoms with Crippen LogP contribution < -0.4 is 4.74 Å². The summed E-state index contributed by atoms with van der Waals surface area (Å²) in [6, 6.07) is 9.28. The van der Waals surface area contributed by atoms with E-state index in [4.69, 9.17) is 4.74 Å². The van der Waals surface area contributed by atoms with Crippen molar-refractivity contribution in [1.82, 2.24) is 0 Å². The van der Waals surface area contributed by atoms with Crippen molar-refractivity contribution in [3.8, 4) is 5.75 Å². The molecule has 3 rings (SSSR count). The average molecular weight is 390 g/mol.